The van der Waals surface area contributed by atoms with Gasteiger partial charge >= 0.3 is 0 Å². The quantitative estimate of drug-likeness (QED) is 0.0556. The molecule has 2 fully saturated rings. The normalized spacial score (nSPS) is 25.1. The largest absolute Gasteiger partial charge is 0.391 e. The third-order valence-electron chi connectivity index (χ3n) is 9.83. The van der Waals surface area contributed by atoms with Gasteiger partial charge in [0.1, 0.15) is 36.3 Å². The van der Waals surface area contributed by atoms with Gasteiger partial charge < -0.3 is 69.6 Å². The van der Waals surface area contributed by atoms with E-state index in [0.717, 1.165) is 10.9 Å². The lowest BCUT2D eigenvalue weighted by molar-refractivity contribution is -0.143. The fourth-order valence-electron chi connectivity index (χ4n) is 6.88. The fraction of sp³-hybridized carbons (Fsp3) is 0.556. The van der Waals surface area contributed by atoms with Crippen LogP contribution >= 0.6 is 0 Å². The highest BCUT2D eigenvalue weighted by molar-refractivity contribution is 5.99. The van der Waals surface area contributed by atoms with Crippen molar-refractivity contribution in [2.24, 2.45) is 32.9 Å². The Morgan fingerprint density at radius 2 is 1.26 bits per heavy atom. The summed E-state index contributed by atoms with van der Waals surface area (Å²) in [5, 5.41) is 34.9. The van der Waals surface area contributed by atoms with Gasteiger partial charge in [-0.05, 0) is 64.0 Å². The third kappa shape index (κ3) is 12.0. The number of H-pyrrole nitrogens is 1. The highest BCUT2D eigenvalue weighted by Gasteiger charge is 2.41. The number of aliphatic hydroxyl groups excluding tert-OH is 2. The van der Waals surface area contributed by atoms with E-state index >= 15 is 0 Å². The predicted molar refractivity (Wildman–Crippen MR) is 210 cm³/mol. The van der Waals surface area contributed by atoms with Crippen LogP contribution in [0.15, 0.2) is 40.4 Å². The van der Waals surface area contributed by atoms with Gasteiger partial charge in [0.25, 0.3) is 0 Å². The summed E-state index contributed by atoms with van der Waals surface area (Å²) in [5.74, 6) is -5.21. The lowest BCUT2D eigenvalue weighted by Crippen LogP contribution is -2.64. The van der Waals surface area contributed by atoms with Gasteiger partial charge in [-0.15, -0.1) is 0 Å². The first-order valence-corrected chi connectivity index (χ1v) is 18.9. The van der Waals surface area contributed by atoms with Crippen molar-refractivity contribution >= 4 is 58.3 Å². The second-order valence-electron chi connectivity index (χ2n) is 14.3. The van der Waals surface area contributed by atoms with Crippen molar-refractivity contribution < 1.29 is 39.0 Å². The number of aliphatic imine (C=N–C) groups is 2. The number of benzene rings is 1. The number of aromatic amines is 1. The van der Waals surface area contributed by atoms with Crippen LogP contribution in [0, 0.1) is 0 Å². The van der Waals surface area contributed by atoms with E-state index in [9.17, 15) is 39.0 Å². The molecular weight excluding hydrogens is 742 g/mol. The summed E-state index contributed by atoms with van der Waals surface area (Å²) >= 11 is 0. The highest BCUT2D eigenvalue weighted by atomic mass is 16.3. The predicted octanol–water partition coefficient (Wildman–Crippen LogP) is -3.99. The van der Waals surface area contributed by atoms with E-state index in [0.29, 0.717) is 12.0 Å². The van der Waals surface area contributed by atoms with Crippen molar-refractivity contribution in [2.45, 2.75) is 107 Å². The Kier molecular flexibility index (Phi) is 15.6. The van der Waals surface area contributed by atoms with Crippen LogP contribution in [0.5, 0.6) is 0 Å². The van der Waals surface area contributed by atoms with E-state index in [1.807, 2.05) is 24.3 Å². The SMILES string of the molecule is C[C@@H](O)[C@@H]1NC(=O)[C@H]([C@@H](C)O)NC(=O)[C@H]2CCCN2C(=O)[C@H](CCCN=C(N)N)NC(=O)[C@H](Cc2c[nH]c3ccccc23)NC(=O)[C@@H](CCCN=C(N)N)NC1=O. The number of aliphatic hydroxyl groups is 2. The molecule has 0 saturated carbocycles. The topological polar surface area (TPSA) is 351 Å². The lowest BCUT2D eigenvalue weighted by Gasteiger charge is -2.32. The molecular formula is C36H55N13O8. The highest BCUT2D eigenvalue weighted by Crippen LogP contribution is 2.22. The molecule has 1 aromatic heterocycles. The smallest absolute Gasteiger partial charge is 0.245 e. The number of fused-ring (bicyclic) bond motifs is 2. The summed E-state index contributed by atoms with van der Waals surface area (Å²) in [5.41, 5.74) is 23.4. The van der Waals surface area contributed by atoms with Crippen LogP contribution in [0.4, 0.5) is 0 Å². The maximum atomic E-state index is 14.4. The number of carbonyl (C=O) groups excluding carboxylic acids is 6. The maximum Gasteiger partial charge on any atom is 0.245 e. The van der Waals surface area contributed by atoms with E-state index in [2.05, 4.69) is 41.6 Å². The number of nitrogens with one attached hydrogen (secondary N) is 6. The number of guanidine groups is 2. The van der Waals surface area contributed by atoms with Crippen molar-refractivity contribution in [3.8, 4) is 0 Å². The molecule has 4 rings (SSSR count). The Balaban J connectivity index is 1.79. The number of amides is 6. The Morgan fingerprint density at radius 1 is 0.737 bits per heavy atom. The van der Waals surface area contributed by atoms with E-state index < -0.39 is 83.9 Å². The zero-order valence-electron chi connectivity index (χ0n) is 32.1. The molecule has 21 nitrogen and oxygen atoms in total. The molecule has 0 unspecified atom stereocenters. The molecule has 6 amide bonds. The van der Waals surface area contributed by atoms with Gasteiger partial charge in [-0.1, -0.05) is 18.2 Å². The van der Waals surface area contributed by atoms with Crippen molar-refractivity contribution in [1.82, 2.24) is 36.5 Å². The Labute approximate surface area is 329 Å². The Morgan fingerprint density at radius 3 is 1.88 bits per heavy atom. The summed E-state index contributed by atoms with van der Waals surface area (Å²) in [7, 11) is 0. The van der Waals surface area contributed by atoms with E-state index in [4.69, 9.17) is 22.9 Å². The minimum atomic E-state index is -1.66. The number of para-hydroxylation sites is 1. The first kappa shape index (κ1) is 43.8. The maximum absolute atomic E-state index is 14.4. The number of nitrogens with two attached hydrogens (primary N) is 4. The minimum absolute atomic E-state index is 0.0445. The van der Waals surface area contributed by atoms with Crippen LogP contribution in [0.25, 0.3) is 10.9 Å². The van der Waals surface area contributed by atoms with Crippen LogP contribution in [-0.4, -0.2) is 136 Å². The molecule has 0 spiro atoms. The number of hydrogen-bond donors (Lipinski definition) is 12. The van der Waals surface area contributed by atoms with E-state index in [1.165, 1.54) is 18.7 Å². The molecule has 312 valence electrons. The number of carbonyl (C=O) groups is 6. The molecule has 8 atom stereocenters. The molecule has 3 heterocycles. The second-order valence-corrected chi connectivity index (χ2v) is 14.3. The molecule has 0 radical (unpaired) electrons. The average molecular weight is 798 g/mol. The second kappa shape index (κ2) is 20.3. The van der Waals surface area contributed by atoms with Crippen molar-refractivity contribution in [2.75, 3.05) is 19.6 Å². The van der Waals surface area contributed by atoms with Gasteiger partial charge in [0.15, 0.2) is 11.9 Å². The molecule has 2 saturated heterocycles. The summed E-state index contributed by atoms with van der Waals surface area (Å²) < 4.78 is 0. The third-order valence-corrected chi connectivity index (χ3v) is 9.83. The average Bonchev–Trinajstić information content (AvgIpc) is 3.81. The molecule has 16 N–H and O–H groups in total. The van der Waals surface area contributed by atoms with Crippen molar-refractivity contribution in [3.05, 3.63) is 36.0 Å². The van der Waals surface area contributed by atoms with Gasteiger partial charge in [0.2, 0.25) is 35.4 Å². The molecule has 1 aromatic carbocycles. The molecule has 21 heteroatoms. The Bertz CT molecular complexity index is 1820. The Hall–Kier alpha value is -5.96. The minimum Gasteiger partial charge on any atom is -0.391 e. The number of rotatable bonds is 12. The van der Waals surface area contributed by atoms with Gasteiger partial charge in [-0.3, -0.25) is 38.8 Å². The molecule has 0 bridgehead atoms. The number of hydrogen-bond acceptors (Lipinski definition) is 10. The van der Waals surface area contributed by atoms with E-state index in [1.54, 1.807) is 6.20 Å². The number of aromatic nitrogens is 1. The van der Waals surface area contributed by atoms with Gasteiger partial charge in [-0.25, -0.2) is 0 Å². The zero-order chi connectivity index (χ0) is 41.8. The monoisotopic (exact) mass is 797 g/mol. The first-order chi connectivity index (χ1) is 27.1. The summed E-state index contributed by atoms with van der Waals surface area (Å²) in [6.45, 7) is 2.83. The standard InChI is InChI=1S/C36H55N13O8/c1-18(50)27-32(55)44-23(10-5-13-41-35(37)38)29(52)46-25(16-20-17-43-22-9-4-3-8-21(20)22)30(53)45-24(11-6-14-42-36(39)40)34(57)49-15-7-12-26(49)31(54)47-28(19(2)51)33(56)48-27/h3-4,8-9,17-19,23-28,43,50-51H,5-7,10-16H2,1-2H3,(H,44,55)(H,45,53)(H,46,52)(H,47,54)(H,48,56)(H4,37,38,41)(H4,39,40,42)/t18-,19-,23-,24+,25+,26-,27+,28+/m1/s1. The molecule has 2 aromatic rings. The van der Waals surface area contributed by atoms with Crippen molar-refractivity contribution in [3.63, 3.8) is 0 Å². The van der Waals surface area contributed by atoms with Crippen LogP contribution in [0.2, 0.25) is 0 Å². The van der Waals surface area contributed by atoms with Crippen molar-refractivity contribution in [1.29, 1.82) is 0 Å². The summed E-state index contributed by atoms with van der Waals surface area (Å²) in [4.78, 5) is 96.2. The molecule has 57 heavy (non-hydrogen) atoms. The number of nitrogens with zero attached hydrogens (tertiary/aromatic N) is 3. The molecule has 2 aliphatic rings. The zero-order valence-corrected chi connectivity index (χ0v) is 32.1. The van der Waals surface area contributed by atoms with Crippen LogP contribution < -0.4 is 49.5 Å². The fourth-order valence-corrected chi connectivity index (χ4v) is 6.88. The summed E-state index contributed by atoms with van der Waals surface area (Å²) in [6.07, 6.45) is -0.290. The molecule has 0 aliphatic carbocycles. The van der Waals surface area contributed by atoms with Crippen LogP contribution in [0.1, 0.15) is 57.9 Å². The first-order valence-electron chi connectivity index (χ1n) is 18.9. The van der Waals surface area contributed by atoms with E-state index in [-0.39, 0.29) is 70.1 Å². The van der Waals surface area contributed by atoms with Gasteiger partial charge in [-0.2, -0.15) is 0 Å². The van der Waals surface area contributed by atoms with Crippen LogP contribution in [-0.2, 0) is 35.2 Å². The lowest BCUT2D eigenvalue weighted by atomic mass is 10.0. The van der Waals surface area contributed by atoms with Gasteiger partial charge in [0.05, 0.1) is 12.2 Å². The van der Waals surface area contributed by atoms with Gasteiger partial charge in [0, 0.05) is 43.2 Å². The summed E-state index contributed by atoms with van der Waals surface area (Å²) in [6, 6.07) is -0.874. The molecule has 2 aliphatic heterocycles. The van der Waals surface area contributed by atoms with Crippen LogP contribution in [0.3, 0.4) is 0 Å².